The summed E-state index contributed by atoms with van der Waals surface area (Å²) in [6.07, 6.45) is 2.41. The Morgan fingerprint density at radius 1 is 0.946 bits per heavy atom. The fourth-order valence-electron chi connectivity index (χ4n) is 5.68. The highest BCUT2D eigenvalue weighted by molar-refractivity contribution is 6.42. The minimum absolute atomic E-state index is 0.0322. The van der Waals surface area contributed by atoms with E-state index < -0.39 is 0 Å². The maximum atomic E-state index is 13.5. The molecule has 2 heterocycles. The number of nitrogens with zero attached hydrogens (tertiary/aromatic N) is 3. The molecule has 7 heteroatoms. The number of likely N-dealkylation sites (tertiary alicyclic amines) is 1. The Balaban J connectivity index is 1.44. The largest absolute Gasteiger partial charge is 0.343 e. The fraction of sp³-hybridized carbons (Fsp3) is 0.533. The quantitative estimate of drug-likeness (QED) is 0.440. The third-order valence-corrected chi connectivity index (χ3v) is 8.69. The molecule has 2 amide bonds. The van der Waals surface area contributed by atoms with Crippen LogP contribution < -0.4 is 0 Å². The molecule has 1 atom stereocenters. The summed E-state index contributed by atoms with van der Waals surface area (Å²) in [5.41, 5.74) is 3.42. The Hall–Kier alpha value is -2.08. The molecular formula is C30H39Cl2N3O2. The van der Waals surface area contributed by atoms with Gasteiger partial charge >= 0.3 is 0 Å². The predicted octanol–water partition coefficient (Wildman–Crippen LogP) is 6.37. The summed E-state index contributed by atoms with van der Waals surface area (Å²) in [4.78, 5) is 31.7. The molecular weight excluding hydrogens is 505 g/mol. The lowest BCUT2D eigenvalue weighted by atomic mass is 9.83. The van der Waals surface area contributed by atoms with Crippen LogP contribution in [0.5, 0.6) is 0 Å². The Morgan fingerprint density at radius 3 is 2.30 bits per heavy atom. The van der Waals surface area contributed by atoms with Crippen LogP contribution in [0.1, 0.15) is 52.5 Å². The van der Waals surface area contributed by atoms with Crippen molar-refractivity contribution in [1.29, 1.82) is 0 Å². The van der Waals surface area contributed by atoms with Crippen LogP contribution in [0.3, 0.4) is 0 Å². The lowest BCUT2D eigenvalue weighted by Crippen LogP contribution is -2.59. The zero-order chi connectivity index (χ0) is 26.7. The zero-order valence-electron chi connectivity index (χ0n) is 22.5. The lowest BCUT2D eigenvalue weighted by Gasteiger charge is -2.48. The van der Waals surface area contributed by atoms with Gasteiger partial charge in [0.1, 0.15) is 0 Å². The first kappa shape index (κ1) is 27.9. The molecule has 37 heavy (non-hydrogen) atoms. The van der Waals surface area contributed by atoms with Crippen molar-refractivity contribution in [2.45, 2.75) is 59.5 Å². The van der Waals surface area contributed by atoms with Crippen LogP contribution in [-0.2, 0) is 16.1 Å². The Morgan fingerprint density at radius 2 is 1.65 bits per heavy atom. The van der Waals surface area contributed by atoms with Gasteiger partial charge in [0.25, 0.3) is 0 Å². The van der Waals surface area contributed by atoms with E-state index in [1.165, 1.54) is 5.56 Å². The first-order valence-electron chi connectivity index (χ1n) is 13.3. The number of hydrogen-bond acceptors (Lipinski definition) is 3. The van der Waals surface area contributed by atoms with Crippen molar-refractivity contribution in [3.63, 3.8) is 0 Å². The minimum atomic E-state index is -0.0322. The molecule has 5 nitrogen and oxygen atoms in total. The SMILES string of the molecule is CC(=O)N1CCC(CC(=O)N2CCN(Cc3ccccc3-c3ccc(Cl)c(Cl)c3)CC2C(C)(C)C)CC1. The average molecular weight is 545 g/mol. The number of piperazine rings is 1. The Kier molecular flexibility index (Phi) is 8.88. The summed E-state index contributed by atoms with van der Waals surface area (Å²) in [5.74, 6) is 0.756. The molecule has 0 spiro atoms. The molecule has 2 aliphatic rings. The molecule has 0 aromatic heterocycles. The molecule has 0 N–H and O–H groups in total. The summed E-state index contributed by atoms with van der Waals surface area (Å²) in [6.45, 7) is 13.1. The fourth-order valence-corrected chi connectivity index (χ4v) is 5.98. The number of hydrogen-bond donors (Lipinski definition) is 0. The second kappa shape index (κ2) is 11.8. The molecule has 4 rings (SSSR count). The van der Waals surface area contributed by atoms with Crippen LogP contribution in [0.2, 0.25) is 10.0 Å². The van der Waals surface area contributed by atoms with Gasteiger partial charge in [-0.15, -0.1) is 0 Å². The monoisotopic (exact) mass is 543 g/mol. The molecule has 0 radical (unpaired) electrons. The number of carbonyl (C=O) groups excluding carboxylic acids is 2. The van der Waals surface area contributed by atoms with E-state index >= 15 is 0 Å². The molecule has 2 aromatic rings. The van der Waals surface area contributed by atoms with E-state index in [0.29, 0.717) is 22.4 Å². The number of benzene rings is 2. The van der Waals surface area contributed by atoms with Gasteiger partial charge in [0, 0.05) is 58.7 Å². The van der Waals surface area contributed by atoms with Gasteiger partial charge < -0.3 is 9.80 Å². The number of carbonyl (C=O) groups is 2. The van der Waals surface area contributed by atoms with Crippen molar-refractivity contribution >= 4 is 35.0 Å². The number of amides is 2. The van der Waals surface area contributed by atoms with E-state index in [-0.39, 0.29) is 23.3 Å². The average Bonchev–Trinajstić information content (AvgIpc) is 2.86. The zero-order valence-corrected chi connectivity index (χ0v) is 24.0. The number of halogens is 2. The highest BCUT2D eigenvalue weighted by Gasteiger charge is 2.38. The standard InChI is InChI=1S/C30H39Cl2N3O2/c1-21(36)34-13-11-22(12-14-34)17-29(37)35-16-15-33(20-28(35)30(2,3)4)19-24-7-5-6-8-25(24)23-9-10-26(31)27(32)18-23/h5-10,18,22,28H,11-17,19-20H2,1-4H3. The molecule has 0 bridgehead atoms. The second-order valence-electron chi connectivity index (χ2n) is 11.6. The van der Waals surface area contributed by atoms with Gasteiger partial charge in [-0.1, -0.05) is 74.3 Å². The van der Waals surface area contributed by atoms with Crippen LogP contribution in [0.15, 0.2) is 42.5 Å². The third-order valence-electron chi connectivity index (χ3n) is 7.95. The van der Waals surface area contributed by atoms with E-state index in [9.17, 15) is 9.59 Å². The van der Waals surface area contributed by atoms with Crippen molar-refractivity contribution in [3.8, 4) is 11.1 Å². The van der Waals surface area contributed by atoms with Gasteiger partial charge in [0.05, 0.1) is 10.0 Å². The van der Waals surface area contributed by atoms with Gasteiger partial charge in [-0.3, -0.25) is 14.5 Å². The molecule has 2 fully saturated rings. The van der Waals surface area contributed by atoms with Crippen molar-refractivity contribution in [2.24, 2.45) is 11.3 Å². The summed E-state index contributed by atoms with van der Waals surface area (Å²) < 4.78 is 0. The molecule has 2 saturated heterocycles. The van der Waals surface area contributed by atoms with Gasteiger partial charge in [0.15, 0.2) is 0 Å². The summed E-state index contributed by atoms with van der Waals surface area (Å²) >= 11 is 12.5. The summed E-state index contributed by atoms with van der Waals surface area (Å²) in [5, 5.41) is 1.11. The highest BCUT2D eigenvalue weighted by Crippen LogP contribution is 2.33. The second-order valence-corrected chi connectivity index (χ2v) is 12.5. The van der Waals surface area contributed by atoms with Crippen molar-refractivity contribution in [2.75, 3.05) is 32.7 Å². The molecule has 1 unspecified atom stereocenters. The number of piperidine rings is 1. The predicted molar refractivity (Wildman–Crippen MR) is 152 cm³/mol. The smallest absolute Gasteiger partial charge is 0.223 e. The van der Waals surface area contributed by atoms with Crippen LogP contribution >= 0.6 is 23.2 Å². The van der Waals surface area contributed by atoms with Crippen molar-refractivity contribution in [3.05, 3.63) is 58.1 Å². The normalized spacial score (nSPS) is 19.8. The van der Waals surface area contributed by atoms with E-state index in [4.69, 9.17) is 23.2 Å². The van der Waals surface area contributed by atoms with E-state index in [2.05, 4.69) is 54.8 Å². The maximum absolute atomic E-state index is 13.5. The van der Waals surface area contributed by atoms with Crippen LogP contribution in [-0.4, -0.2) is 65.3 Å². The van der Waals surface area contributed by atoms with Gasteiger partial charge in [0.2, 0.25) is 11.8 Å². The third kappa shape index (κ3) is 6.87. The van der Waals surface area contributed by atoms with Gasteiger partial charge in [-0.05, 0) is 53.0 Å². The van der Waals surface area contributed by atoms with Gasteiger partial charge in [-0.2, -0.15) is 0 Å². The van der Waals surface area contributed by atoms with E-state index in [1.807, 2.05) is 23.1 Å². The summed E-state index contributed by atoms with van der Waals surface area (Å²) in [6, 6.07) is 14.4. The molecule has 0 aliphatic carbocycles. The molecule has 0 saturated carbocycles. The van der Waals surface area contributed by atoms with Crippen molar-refractivity contribution in [1.82, 2.24) is 14.7 Å². The highest BCUT2D eigenvalue weighted by atomic mass is 35.5. The Labute approximate surface area is 231 Å². The van der Waals surface area contributed by atoms with E-state index in [1.54, 1.807) is 6.92 Å². The number of rotatable bonds is 5. The van der Waals surface area contributed by atoms with Gasteiger partial charge in [-0.25, -0.2) is 0 Å². The first-order valence-corrected chi connectivity index (χ1v) is 14.1. The summed E-state index contributed by atoms with van der Waals surface area (Å²) in [7, 11) is 0. The van der Waals surface area contributed by atoms with Crippen molar-refractivity contribution < 1.29 is 9.59 Å². The first-order chi connectivity index (χ1) is 17.5. The Bertz CT molecular complexity index is 1120. The van der Waals surface area contributed by atoms with Crippen LogP contribution in [0.25, 0.3) is 11.1 Å². The van der Waals surface area contributed by atoms with E-state index in [0.717, 1.165) is 63.2 Å². The topological polar surface area (TPSA) is 43.9 Å². The minimum Gasteiger partial charge on any atom is -0.343 e. The van der Waals surface area contributed by atoms with Crippen LogP contribution in [0.4, 0.5) is 0 Å². The molecule has 2 aliphatic heterocycles. The van der Waals surface area contributed by atoms with Crippen LogP contribution in [0, 0.1) is 11.3 Å². The molecule has 200 valence electrons. The lowest BCUT2D eigenvalue weighted by molar-refractivity contribution is -0.141. The maximum Gasteiger partial charge on any atom is 0.223 e. The molecule has 2 aromatic carbocycles.